The first-order valence-electron chi connectivity index (χ1n) is 6.84. The second-order valence-corrected chi connectivity index (χ2v) is 5.55. The summed E-state index contributed by atoms with van der Waals surface area (Å²) in [6.07, 6.45) is 4.16. The van der Waals surface area contributed by atoms with Crippen molar-refractivity contribution in [1.29, 1.82) is 0 Å². The normalized spacial score (nSPS) is 20.1. The number of nitrogens with zero attached hydrogens (tertiary/aromatic N) is 2. The van der Waals surface area contributed by atoms with E-state index in [1.807, 2.05) is 0 Å². The van der Waals surface area contributed by atoms with E-state index >= 15 is 0 Å². The van der Waals surface area contributed by atoms with Gasteiger partial charge in [-0.25, -0.2) is 9.97 Å². The highest BCUT2D eigenvalue weighted by molar-refractivity contribution is 6.30. The molecule has 2 atom stereocenters. The minimum absolute atomic E-state index is 0.254. The molecule has 1 aliphatic carbocycles. The van der Waals surface area contributed by atoms with Crippen molar-refractivity contribution >= 4 is 17.4 Å². The van der Waals surface area contributed by atoms with Gasteiger partial charge in [0.2, 0.25) is 0 Å². The maximum absolute atomic E-state index is 9.06. The van der Waals surface area contributed by atoms with Crippen LogP contribution in [0.3, 0.4) is 0 Å². The number of aromatic nitrogens is 2. The molecule has 0 saturated heterocycles. The summed E-state index contributed by atoms with van der Waals surface area (Å²) in [6.45, 7) is 1.03. The van der Waals surface area contributed by atoms with Crippen molar-refractivity contribution < 1.29 is 9.84 Å². The molecule has 21 heavy (non-hydrogen) atoms. The first-order valence-corrected chi connectivity index (χ1v) is 7.22. The van der Waals surface area contributed by atoms with E-state index in [4.69, 9.17) is 21.4 Å². The van der Waals surface area contributed by atoms with Gasteiger partial charge in [0.15, 0.2) is 11.6 Å². The second-order valence-electron chi connectivity index (χ2n) is 5.11. The van der Waals surface area contributed by atoms with Gasteiger partial charge in [-0.2, -0.15) is 0 Å². The molecule has 0 amide bonds. The fraction of sp³-hybridized carbons (Fsp3) is 0.333. The zero-order chi connectivity index (χ0) is 14.7. The highest BCUT2D eigenvalue weighted by Gasteiger charge is 2.36. The zero-order valence-electron chi connectivity index (χ0n) is 11.4. The van der Waals surface area contributed by atoms with E-state index < -0.39 is 0 Å². The van der Waals surface area contributed by atoms with E-state index in [-0.39, 0.29) is 6.61 Å². The number of hydrogen-bond donors (Lipinski definition) is 2. The highest BCUT2D eigenvalue weighted by atomic mass is 35.5. The minimum Gasteiger partial charge on any atom is -0.452 e. The molecular formula is C15H16ClN3O2. The van der Waals surface area contributed by atoms with Crippen LogP contribution in [-0.4, -0.2) is 28.2 Å². The summed E-state index contributed by atoms with van der Waals surface area (Å²) < 4.78 is 5.77. The quantitative estimate of drug-likeness (QED) is 0.859. The Hall–Kier alpha value is -1.85. The molecule has 1 heterocycles. The molecule has 1 aromatic carbocycles. The molecule has 0 spiro atoms. The Balaban J connectivity index is 1.66. The number of ether oxygens (including phenoxy) is 1. The highest BCUT2D eigenvalue weighted by Crippen LogP contribution is 2.38. The van der Waals surface area contributed by atoms with Crippen LogP contribution < -0.4 is 10.1 Å². The monoisotopic (exact) mass is 305 g/mol. The number of anilines is 1. The lowest BCUT2D eigenvalue weighted by molar-refractivity contribution is 0.270. The lowest BCUT2D eigenvalue weighted by Gasteiger charge is -2.11. The van der Waals surface area contributed by atoms with E-state index in [0.717, 1.165) is 13.0 Å². The van der Waals surface area contributed by atoms with Crippen molar-refractivity contribution in [2.24, 2.45) is 11.8 Å². The Morgan fingerprint density at radius 3 is 2.81 bits per heavy atom. The van der Waals surface area contributed by atoms with E-state index in [0.29, 0.717) is 34.2 Å². The molecule has 1 aromatic heterocycles. The van der Waals surface area contributed by atoms with Crippen LogP contribution in [0.5, 0.6) is 11.5 Å². The van der Waals surface area contributed by atoms with Crippen LogP contribution in [0, 0.1) is 11.8 Å². The molecule has 1 aliphatic rings. The smallest absolute Gasteiger partial charge is 0.187 e. The van der Waals surface area contributed by atoms with Gasteiger partial charge in [0, 0.05) is 18.2 Å². The van der Waals surface area contributed by atoms with Gasteiger partial charge in [0.05, 0.1) is 6.20 Å². The van der Waals surface area contributed by atoms with E-state index in [9.17, 15) is 0 Å². The number of aliphatic hydroxyl groups is 1. The Labute approximate surface area is 128 Å². The van der Waals surface area contributed by atoms with Crippen LogP contribution >= 0.6 is 11.6 Å². The molecule has 1 saturated carbocycles. The van der Waals surface area contributed by atoms with Crippen molar-refractivity contribution in [2.75, 3.05) is 18.5 Å². The Morgan fingerprint density at radius 2 is 2.10 bits per heavy atom. The third-order valence-corrected chi connectivity index (χ3v) is 3.81. The van der Waals surface area contributed by atoms with E-state index in [2.05, 4.69) is 15.3 Å². The van der Waals surface area contributed by atoms with Crippen LogP contribution in [0.4, 0.5) is 5.82 Å². The van der Waals surface area contributed by atoms with Gasteiger partial charge in [0.1, 0.15) is 12.1 Å². The van der Waals surface area contributed by atoms with Crippen molar-refractivity contribution in [2.45, 2.75) is 6.42 Å². The van der Waals surface area contributed by atoms with Crippen molar-refractivity contribution in [3.8, 4) is 11.5 Å². The topological polar surface area (TPSA) is 67.3 Å². The summed E-state index contributed by atoms with van der Waals surface area (Å²) in [5, 5.41) is 13.0. The first kappa shape index (κ1) is 14.1. The lowest BCUT2D eigenvalue weighted by Crippen LogP contribution is -2.08. The lowest BCUT2D eigenvalue weighted by atomic mass is 10.3. The molecule has 3 rings (SSSR count). The predicted molar refractivity (Wildman–Crippen MR) is 80.7 cm³/mol. The van der Waals surface area contributed by atoms with Crippen molar-refractivity contribution in [3.63, 3.8) is 0 Å². The van der Waals surface area contributed by atoms with Gasteiger partial charge in [-0.05, 0) is 42.5 Å². The average Bonchev–Trinajstić information content (AvgIpc) is 3.27. The number of hydrogen-bond acceptors (Lipinski definition) is 5. The predicted octanol–water partition coefficient (Wildman–Crippen LogP) is 2.96. The molecule has 5 nitrogen and oxygen atoms in total. The largest absolute Gasteiger partial charge is 0.452 e. The van der Waals surface area contributed by atoms with E-state index in [1.165, 1.54) is 6.33 Å². The standard InChI is InChI=1S/C15H16ClN3O2/c16-12-1-3-13(4-2-12)21-14-7-17-9-19-15(14)18-6-10-5-11(10)8-20/h1-4,7,9-11,20H,5-6,8H2,(H,17,18,19). The first-order chi connectivity index (χ1) is 10.3. The molecule has 0 radical (unpaired) electrons. The van der Waals surface area contributed by atoms with E-state index in [1.54, 1.807) is 30.5 Å². The van der Waals surface area contributed by atoms with Crippen LogP contribution in [-0.2, 0) is 0 Å². The summed E-state index contributed by atoms with van der Waals surface area (Å²) in [7, 11) is 0. The third-order valence-electron chi connectivity index (χ3n) is 3.56. The molecule has 110 valence electrons. The van der Waals surface area contributed by atoms with Gasteiger partial charge >= 0.3 is 0 Å². The molecule has 2 unspecified atom stereocenters. The van der Waals surface area contributed by atoms with Gasteiger partial charge in [0.25, 0.3) is 0 Å². The molecule has 0 bridgehead atoms. The molecule has 6 heteroatoms. The third kappa shape index (κ3) is 3.62. The van der Waals surface area contributed by atoms with Crippen LogP contribution in [0.15, 0.2) is 36.8 Å². The van der Waals surface area contributed by atoms with Gasteiger partial charge in [-0.15, -0.1) is 0 Å². The molecular weight excluding hydrogens is 290 g/mol. The number of halogens is 1. The number of nitrogens with one attached hydrogen (secondary N) is 1. The molecule has 0 aliphatic heterocycles. The maximum atomic E-state index is 9.06. The van der Waals surface area contributed by atoms with Gasteiger partial charge in [-0.1, -0.05) is 11.6 Å². The molecule has 2 aromatic rings. The fourth-order valence-electron chi connectivity index (χ4n) is 2.17. The molecule has 2 N–H and O–H groups in total. The average molecular weight is 306 g/mol. The zero-order valence-corrected chi connectivity index (χ0v) is 12.1. The Kier molecular flexibility index (Phi) is 4.22. The maximum Gasteiger partial charge on any atom is 0.187 e. The van der Waals surface area contributed by atoms with Crippen molar-refractivity contribution in [3.05, 3.63) is 41.8 Å². The Morgan fingerprint density at radius 1 is 1.29 bits per heavy atom. The summed E-state index contributed by atoms with van der Waals surface area (Å²) in [6, 6.07) is 7.12. The van der Waals surface area contributed by atoms with Crippen LogP contribution in [0.2, 0.25) is 5.02 Å². The number of aliphatic hydroxyl groups excluding tert-OH is 1. The summed E-state index contributed by atoms with van der Waals surface area (Å²) in [4.78, 5) is 8.20. The SMILES string of the molecule is OCC1CC1CNc1ncncc1Oc1ccc(Cl)cc1. The summed E-state index contributed by atoms with van der Waals surface area (Å²) in [5.41, 5.74) is 0. The van der Waals surface area contributed by atoms with Crippen molar-refractivity contribution in [1.82, 2.24) is 9.97 Å². The van der Waals surface area contributed by atoms with Gasteiger partial charge in [-0.3, -0.25) is 0 Å². The van der Waals surface area contributed by atoms with Crippen LogP contribution in [0.1, 0.15) is 6.42 Å². The Bertz CT molecular complexity index is 606. The summed E-state index contributed by atoms with van der Waals surface area (Å²) >= 11 is 5.85. The summed E-state index contributed by atoms with van der Waals surface area (Å²) in [5.74, 6) is 2.83. The fourth-order valence-corrected chi connectivity index (χ4v) is 2.29. The van der Waals surface area contributed by atoms with Crippen LogP contribution in [0.25, 0.3) is 0 Å². The second kappa shape index (κ2) is 6.28. The minimum atomic E-state index is 0.254. The molecule has 1 fully saturated rings. The number of rotatable bonds is 6. The number of benzene rings is 1. The van der Waals surface area contributed by atoms with Gasteiger partial charge < -0.3 is 15.2 Å².